The highest BCUT2D eigenvalue weighted by Gasteiger charge is 1.97. The van der Waals surface area contributed by atoms with Crippen LogP contribution in [0, 0.1) is 11.3 Å². The summed E-state index contributed by atoms with van der Waals surface area (Å²) in [5.41, 5.74) is 1.08. The maximum atomic E-state index is 8.43. The van der Waals surface area contributed by atoms with E-state index in [1.54, 1.807) is 6.20 Å². The van der Waals surface area contributed by atoms with E-state index < -0.39 is 0 Å². The molecule has 68 valence electrons. The summed E-state index contributed by atoms with van der Waals surface area (Å²) >= 11 is 0. The smallest absolute Gasteiger partial charge is 0.0863 e. The molecular formula is C10H13N3. The summed E-state index contributed by atoms with van der Waals surface area (Å²) in [4.78, 5) is 6.18. The van der Waals surface area contributed by atoms with Gasteiger partial charge in [0.25, 0.3) is 0 Å². The molecule has 1 heterocycles. The van der Waals surface area contributed by atoms with Gasteiger partial charge in [-0.2, -0.15) is 5.26 Å². The predicted octanol–water partition coefficient (Wildman–Crippen LogP) is 1.08. The first-order valence-electron chi connectivity index (χ1n) is 4.28. The molecule has 0 saturated heterocycles. The van der Waals surface area contributed by atoms with Gasteiger partial charge in [0.15, 0.2) is 0 Å². The van der Waals surface area contributed by atoms with Gasteiger partial charge >= 0.3 is 0 Å². The predicted molar refractivity (Wildman–Crippen MR) is 51.1 cm³/mol. The van der Waals surface area contributed by atoms with Gasteiger partial charge in [0.05, 0.1) is 12.6 Å². The Hall–Kier alpha value is -1.40. The average Bonchev–Trinajstić information content (AvgIpc) is 2.17. The zero-order valence-corrected chi connectivity index (χ0v) is 7.77. The number of rotatable bonds is 4. The monoisotopic (exact) mass is 175 g/mol. The van der Waals surface area contributed by atoms with Gasteiger partial charge in [0.2, 0.25) is 0 Å². The number of likely N-dealkylation sites (N-methyl/N-ethyl adjacent to an activating group) is 1. The second kappa shape index (κ2) is 5.28. The van der Waals surface area contributed by atoms with E-state index in [0.29, 0.717) is 6.54 Å². The third kappa shape index (κ3) is 3.68. The molecule has 0 N–H and O–H groups in total. The lowest BCUT2D eigenvalue weighted by Gasteiger charge is -2.10. The van der Waals surface area contributed by atoms with E-state index in [1.807, 2.05) is 30.1 Å². The number of nitriles is 1. The zero-order chi connectivity index (χ0) is 9.52. The van der Waals surface area contributed by atoms with E-state index >= 15 is 0 Å². The van der Waals surface area contributed by atoms with Crippen LogP contribution >= 0.6 is 0 Å². The largest absolute Gasteiger partial charge is 0.293 e. The summed E-state index contributed by atoms with van der Waals surface area (Å²) in [6.45, 7) is 1.36. The molecule has 0 aliphatic heterocycles. The van der Waals surface area contributed by atoms with E-state index in [-0.39, 0.29) is 0 Å². The Morgan fingerprint density at radius 1 is 1.54 bits per heavy atom. The fourth-order valence-electron chi connectivity index (χ4n) is 1.05. The van der Waals surface area contributed by atoms with Gasteiger partial charge in [0.1, 0.15) is 0 Å². The van der Waals surface area contributed by atoms with Crippen molar-refractivity contribution in [2.45, 2.75) is 6.42 Å². The van der Waals surface area contributed by atoms with Crippen LogP contribution < -0.4 is 0 Å². The van der Waals surface area contributed by atoms with Crippen molar-refractivity contribution in [1.29, 1.82) is 5.26 Å². The van der Waals surface area contributed by atoms with Crippen LogP contribution in [-0.4, -0.2) is 30.0 Å². The number of hydrogen-bond acceptors (Lipinski definition) is 3. The van der Waals surface area contributed by atoms with Crippen LogP contribution in [0.15, 0.2) is 24.4 Å². The number of hydrogen-bond donors (Lipinski definition) is 0. The lowest BCUT2D eigenvalue weighted by Crippen LogP contribution is -2.21. The maximum absolute atomic E-state index is 8.43. The highest BCUT2D eigenvalue weighted by molar-refractivity contribution is 5.03. The van der Waals surface area contributed by atoms with Crippen molar-refractivity contribution in [3.8, 4) is 6.07 Å². The van der Waals surface area contributed by atoms with Gasteiger partial charge in [-0.3, -0.25) is 9.88 Å². The molecule has 0 saturated carbocycles. The van der Waals surface area contributed by atoms with Gasteiger partial charge in [-0.05, 0) is 19.2 Å². The van der Waals surface area contributed by atoms with Crippen molar-refractivity contribution >= 4 is 0 Å². The third-order valence-electron chi connectivity index (χ3n) is 1.82. The Bertz CT molecular complexity index is 276. The van der Waals surface area contributed by atoms with Crippen LogP contribution in [0.5, 0.6) is 0 Å². The SMILES string of the molecule is CN(CC#N)CCc1ccccn1. The Labute approximate surface area is 78.6 Å². The fourth-order valence-corrected chi connectivity index (χ4v) is 1.05. The van der Waals surface area contributed by atoms with Crippen molar-refractivity contribution in [1.82, 2.24) is 9.88 Å². The Balaban J connectivity index is 2.32. The molecule has 0 bridgehead atoms. The minimum atomic E-state index is 0.479. The molecular weight excluding hydrogens is 162 g/mol. The molecule has 3 nitrogen and oxygen atoms in total. The lowest BCUT2D eigenvalue weighted by atomic mass is 10.2. The minimum Gasteiger partial charge on any atom is -0.293 e. The Morgan fingerprint density at radius 3 is 3.00 bits per heavy atom. The van der Waals surface area contributed by atoms with Crippen LogP contribution in [0.25, 0.3) is 0 Å². The van der Waals surface area contributed by atoms with Gasteiger partial charge in [-0.15, -0.1) is 0 Å². The zero-order valence-electron chi connectivity index (χ0n) is 7.77. The van der Waals surface area contributed by atoms with Crippen molar-refractivity contribution in [2.24, 2.45) is 0 Å². The molecule has 0 atom stereocenters. The number of aromatic nitrogens is 1. The van der Waals surface area contributed by atoms with Gasteiger partial charge < -0.3 is 0 Å². The summed E-state index contributed by atoms with van der Waals surface area (Å²) in [5.74, 6) is 0. The van der Waals surface area contributed by atoms with Crippen molar-refractivity contribution in [2.75, 3.05) is 20.1 Å². The first-order chi connectivity index (χ1) is 6.33. The van der Waals surface area contributed by atoms with Crippen LogP contribution in [0.3, 0.4) is 0 Å². The summed E-state index contributed by atoms with van der Waals surface area (Å²) in [6, 6.07) is 7.99. The van der Waals surface area contributed by atoms with Gasteiger partial charge in [-0.25, -0.2) is 0 Å². The highest BCUT2D eigenvalue weighted by atomic mass is 15.1. The van der Waals surface area contributed by atoms with Crippen molar-refractivity contribution in [3.63, 3.8) is 0 Å². The Morgan fingerprint density at radius 2 is 2.38 bits per heavy atom. The molecule has 0 spiro atoms. The summed E-state index contributed by atoms with van der Waals surface area (Å²) in [7, 11) is 1.94. The first kappa shape index (κ1) is 9.69. The first-order valence-corrected chi connectivity index (χ1v) is 4.28. The number of nitrogens with zero attached hydrogens (tertiary/aromatic N) is 3. The molecule has 3 heteroatoms. The molecule has 0 amide bonds. The normalized spacial score (nSPS) is 9.92. The van der Waals surface area contributed by atoms with Crippen LogP contribution in [0.4, 0.5) is 0 Å². The molecule has 1 aromatic rings. The fraction of sp³-hybridized carbons (Fsp3) is 0.400. The molecule has 0 aliphatic carbocycles. The van der Waals surface area contributed by atoms with Gasteiger partial charge in [-0.1, -0.05) is 6.07 Å². The van der Waals surface area contributed by atoms with E-state index in [9.17, 15) is 0 Å². The highest BCUT2D eigenvalue weighted by Crippen LogP contribution is 1.95. The quantitative estimate of drug-likeness (QED) is 0.643. The molecule has 13 heavy (non-hydrogen) atoms. The molecule has 0 fully saturated rings. The van der Waals surface area contributed by atoms with E-state index in [2.05, 4.69) is 11.1 Å². The van der Waals surface area contributed by atoms with Crippen LogP contribution in [-0.2, 0) is 6.42 Å². The topological polar surface area (TPSA) is 39.9 Å². The third-order valence-corrected chi connectivity index (χ3v) is 1.82. The molecule has 0 unspecified atom stereocenters. The molecule has 0 radical (unpaired) electrons. The van der Waals surface area contributed by atoms with Crippen molar-refractivity contribution < 1.29 is 0 Å². The summed E-state index contributed by atoms with van der Waals surface area (Å²) in [6.07, 6.45) is 2.69. The number of pyridine rings is 1. The second-order valence-electron chi connectivity index (χ2n) is 2.97. The average molecular weight is 175 g/mol. The summed E-state index contributed by atoms with van der Waals surface area (Å²) in [5, 5.41) is 8.43. The molecule has 1 aromatic heterocycles. The maximum Gasteiger partial charge on any atom is 0.0863 e. The van der Waals surface area contributed by atoms with Gasteiger partial charge in [0, 0.05) is 24.9 Å². The standard InChI is InChI=1S/C10H13N3/c1-13(9-6-11)8-5-10-4-2-3-7-12-10/h2-4,7H,5,8-9H2,1H3. The van der Waals surface area contributed by atoms with E-state index in [0.717, 1.165) is 18.7 Å². The minimum absolute atomic E-state index is 0.479. The second-order valence-corrected chi connectivity index (χ2v) is 2.97. The Kier molecular flexibility index (Phi) is 3.94. The lowest BCUT2D eigenvalue weighted by molar-refractivity contribution is 0.377. The van der Waals surface area contributed by atoms with Crippen LogP contribution in [0.2, 0.25) is 0 Å². The summed E-state index contributed by atoms with van der Waals surface area (Å²) < 4.78 is 0. The molecule has 0 aromatic carbocycles. The molecule has 1 rings (SSSR count). The molecule has 0 aliphatic rings. The van der Waals surface area contributed by atoms with E-state index in [4.69, 9.17) is 5.26 Å². The van der Waals surface area contributed by atoms with E-state index in [1.165, 1.54) is 0 Å². The van der Waals surface area contributed by atoms with Crippen molar-refractivity contribution in [3.05, 3.63) is 30.1 Å². The van der Waals surface area contributed by atoms with Crippen LogP contribution in [0.1, 0.15) is 5.69 Å².